The summed E-state index contributed by atoms with van der Waals surface area (Å²) in [4.78, 5) is 0. The van der Waals surface area contributed by atoms with Gasteiger partial charge in [0.05, 0.1) is 11.7 Å². The van der Waals surface area contributed by atoms with Gasteiger partial charge in [-0.2, -0.15) is 0 Å². The maximum atomic E-state index is 10.1. The van der Waals surface area contributed by atoms with E-state index in [2.05, 4.69) is 26.5 Å². The third-order valence-corrected chi connectivity index (χ3v) is 8.59. The molecule has 0 aromatic rings. The number of allylic oxidation sites excluding steroid dienone is 3. The Morgan fingerprint density at radius 1 is 1.19 bits per heavy atom. The van der Waals surface area contributed by atoms with Gasteiger partial charge in [-0.15, -0.1) is 0 Å². The Labute approximate surface area is 188 Å². The van der Waals surface area contributed by atoms with Gasteiger partial charge in [0.1, 0.15) is 12.2 Å². The molecular weight excluding hydrogens is 388 g/mol. The average Bonchev–Trinajstić information content (AvgIpc) is 3.04. The normalized spacial score (nSPS) is 40.4. The second-order valence-corrected chi connectivity index (χ2v) is 11.4. The lowest BCUT2D eigenvalue weighted by Crippen LogP contribution is -2.43. The van der Waals surface area contributed by atoms with Gasteiger partial charge in [0.25, 0.3) is 0 Å². The van der Waals surface area contributed by atoms with Crippen molar-refractivity contribution in [1.29, 1.82) is 0 Å². The lowest BCUT2D eigenvalue weighted by atomic mass is 9.60. The summed E-state index contributed by atoms with van der Waals surface area (Å²) >= 11 is 0. The van der Waals surface area contributed by atoms with Gasteiger partial charge in [0, 0.05) is 6.42 Å². The third-order valence-electron chi connectivity index (χ3n) is 8.59. The molecule has 31 heavy (non-hydrogen) atoms. The zero-order chi connectivity index (χ0) is 23.0. The van der Waals surface area contributed by atoms with Gasteiger partial charge in [-0.25, -0.2) is 0 Å². The van der Waals surface area contributed by atoms with Crippen molar-refractivity contribution in [3.63, 3.8) is 0 Å². The second kappa shape index (κ2) is 9.51. The quantitative estimate of drug-likeness (QED) is 0.491. The first-order valence-corrected chi connectivity index (χ1v) is 12.3. The first kappa shape index (κ1) is 24.7. The minimum atomic E-state index is -1.15. The molecule has 2 unspecified atom stereocenters. The molecule has 3 saturated carbocycles. The molecule has 3 aliphatic carbocycles. The molecule has 0 saturated heterocycles. The van der Waals surface area contributed by atoms with Crippen molar-refractivity contribution in [2.24, 2.45) is 23.2 Å². The molecule has 0 aromatic carbocycles. The van der Waals surface area contributed by atoms with E-state index in [1.807, 2.05) is 19.9 Å². The van der Waals surface area contributed by atoms with Crippen LogP contribution >= 0.6 is 0 Å². The summed E-state index contributed by atoms with van der Waals surface area (Å²) in [7, 11) is 0. The lowest BCUT2D eigenvalue weighted by molar-refractivity contribution is -0.0530. The molecule has 0 aromatic heterocycles. The Morgan fingerprint density at radius 2 is 1.90 bits per heavy atom. The highest BCUT2D eigenvalue weighted by Crippen LogP contribution is 2.60. The highest BCUT2D eigenvalue weighted by atomic mass is 16.4. The van der Waals surface area contributed by atoms with Crippen LogP contribution in [0.4, 0.5) is 0 Å². The first-order chi connectivity index (χ1) is 14.4. The molecule has 0 spiro atoms. The zero-order valence-electron chi connectivity index (χ0n) is 20.0. The van der Waals surface area contributed by atoms with Crippen molar-refractivity contribution in [2.45, 2.75) is 109 Å². The molecule has 0 heterocycles. The van der Waals surface area contributed by atoms with Crippen molar-refractivity contribution in [1.82, 2.24) is 0 Å². The summed E-state index contributed by atoms with van der Waals surface area (Å²) in [6.07, 6.45) is 10.6. The lowest BCUT2D eigenvalue weighted by Gasteiger charge is -2.44. The number of fused-ring (bicyclic) bond motifs is 1. The minimum absolute atomic E-state index is 0.329. The second-order valence-electron chi connectivity index (χ2n) is 11.4. The van der Waals surface area contributed by atoms with Gasteiger partial charge in [0.15, 0.2) is 0 Å². The van der Waals surface area contributed by atoms with E-state index in [9.17, 15) is 20.4 Å². The summed E-state index contributed by atoms with van der Waals surface area (Å²) in [6, 6.07) is 0. The van der Waals surface area contributed by atoms with Crippen LogP contribution in [0.3, 0.4) is 0 Å². The van der Waals surface area contributed by atoms with Gasteiger partial charge in [-0.05, 0) is 86.7 Å². The number of rotatable bonds is 6. The highest BCUT2D eigenvalue weighted by Gasteiger charge is 2.50. The van der Waals surface area contributed by atoms with E-state index in [-0.39, 0.29) is 0 Å². The molecule has 0 radical (unpaired) electrons. The molecule has 7 atom stereocenters. The molecule has 3 fully saturated rings. The largest absolute Gasteiger partial charge is 0.390 e. The standard InChI is InChI=1S/C27H44O4/c1-17(8-6-14-26(3,4)31)21-12-13-22-19(9-7-15-27(21,22)5)10-11-20-16-23(28)25(30)24(29)18(20)2/h10-11,17,21-25,28-31H,2,6-9,12-16H2,1,3-5H3/b19-10+,20-11+/t17-,21-,22+,23-,24?,25?,27-/m1/s1. The van der Waals surface area contributed by atoms with Gasteiger partial charge >= 0.3 is 0 Å². The molecule has 4 nitrogen and oxygen atoms in total. The van der Waals surface area contributed by atoms with Crippen LogP contribution in [0.15, 0.2) is 35.5 Å². The topological polar surface area (TPSA) is 80.9 Å². The Bertz CT molecular complexity index is 715. The van der Waals surface area contributed by atoms with Crippen molar-refractivity contribution in [3.05, 3.63) is 35.5 Å². The van der Waals surface area contributed by atoms with Crippen molar-refractivity contribution >= 4 is 0 Å². The van der Waals surface area contributed by atoms with E-state index >= 15 is 0 Å². The first-order valence-electron chi connectivity index (χ1n) is 12.3. The summed E-state index contributed by atoms with van der Waals surface area (Å²) in [5.74, 6) is 1.98. The number of hydrogen-bond acceptors (Lipinski definition) is 4. The van der Waals surface area contributed by atoms with Crippen LogP contribution in [0.5, 0.6) is 0 Å². The Morgan fingerprint density at radius 3 is 2.58 bits per heavy atom. The van der Waals surface area contributed by atoms with Gasteiger partial charge in [0.2, 0.25) is 0 Å². The van der Waals surface area contributed by atoms with Crippen LogP contribution in [0, 0.1) is 23.2 Å². The van der Waals surface area contributed by atoms with Gasteiger partial charge in [-0.3, -0.25) is 0 Å². The van der Waals surface area contributed by atoms with E-state index in [0.717, 1.165) is 30.8 Å². The summed E-state index contributed by atoms with van der Waals surface area (Å²) in [5.41, 5.74) is 2.62. The van der Waals surface area contributed by atoms with Crippen LogP contribution in [-0.4, -0.2) is 44.3 Å². The molecule has 3 rings (SSSR count). The molecule has 0 amide bonds. The van der Waals surface area contributed by atoms with Crippen molar-refractivity contribution < 1.29 is 20.4 Å². The monoisotopic (exact) mass is 432 g/mol. The predicted molar refractivity (Wildman–Crippen MR) is 125 cm³/mol. The van der Waals surface area contributed by atoms with Crippen molar-refractivity contribution in [3.8, 4) is 0 Å². The van der Waals surface area contributed by atoms with E-state index in [0.29, 0.717) is 29.2 Å². The van der Waals surface area contributed by atoms with E-state index in [1.165, 1.54) is 37.7 Å². The number of aliphatic hydroxyl groups excluding tert-OH is 3. The molecule has 0 bridgehead atoms. The molecule has 176 valence electrons. The van der Waals surface area contributed by atoms with Crippen LogP contribution in [0.25, 0.3) is 0 Å². The Hall–Kier alpha value is -0.940. The van der Waals surface area contributed by atoms with E-state index < -0.39 is 23.9 Å². The van der Waals surface area contributed by atoms with E-state index in [4.69, 9.17) is 0 Å². The highest BCUT2D eigenvalue weighted by molar-refractivity contribution is 5.40. The molecule has 4 heteroatoms. The van der Waals surface area contributed by atoms with Gasteiger partial charge < -0.3 is 20.4 Å². The Balaban J connectivity index is 1.71. The van der Waals surface area contributed by atoms with Crippen LogP contribution < -0.4 is 0 Å². The molecule has 3 aliphatic rings. The fraction of sp³-hybridized carbons (Fsp3) is 0.778. The molecular formula is C27H44O4. The van der Waals surface area contributed by atoms with Crippen LogP contribution in [0.1, 0.15) is 85.5 Å². The molecule has 4 N–H and O–H groups in total. The third kappa shape index (κ3) is 5.35. The zero-order valence-corrected chi connectivity index (χ0v) is 20.0. The van der Waals surface area contributed by atoms with Crippen molar-refractivity contribution in [2.75, 3.05) is 0 Å². The number of aliphatic hydroxyl groups is 4. The van der Waals surface area contributed by atoms with Crippen LogP contribution in [-0.2, 0) is 0 Å². The summed E-state index contributed by atoms with van der Waals surface area (Å²) in [6.45, 7) is 12.6. The van der Waals surface area contributed by atoms with Crippen LogP contribution in [0.2, 0.25) is 0 Å². The Kier molecular flexibility index (Phi) is 7.57. The predicted octanol–water partition coefficient (Wildman–Crippen LogP) is 4.68. The average molecular weight is 433 g/mol. The smallest absolute Gasteiger partial charge is 0.110 e. The molecule has 0 aliphatic heterocycles. The SMILES string of the molecule is C=C1/C(=C/C=C2\CCC[C@]3(C)[C@@H]([C@H](C)CCCC(C)(C)O)CC[C@@H]23)C[C@@H](O)C(O)C1O. The van der Waals surface area contributed by atoms with E-state index in [1.54, 1.807) is 0 Å². The fourth-order valence-electron chi connectivity index (χ4n) is 6.74. The van der Waals surface area contributed by atoms with Gasteiger partial charge in [-0.1, -0.05) is 51.0 Å². The fourth-order valence-corrected chi connectivity index (χ4v) is 6.74. The summed E-state index contributed by atoms with van der Waals surface area (Å²) < 4.78 is 0. The summed E-state index contributed by atoms with van der Waals surface area (Å²) in [5, 5.41) is 40.1. The maximum absolute atomic E-state index is 10.1. The number of hydrogen-bond donors (Lipinski definition) is 4. The minimum Gasteiger partial charge on any atom is -0.390 e. The maximum Gasteiger partial charge on any atom is 0.110 e.